The molecule has 1 saturated heterocycles. The van der Waals surface area contributed by atoms with Crippen molar-refractivity contribution < 1.29 is 35.5 Å². The second-order valence-electron chi connectivity index (χ2n) is 7.70. The minimum atomic E-state index is -4.10. The zero-order chi connectivity index (χ0) is 25.8. The number of amides is 1. The molecule has 0 aliphatic carbocycles. The van der Waals surface area contributed by atoms with E-state index in [2.05, 4.69) is 5.32 Å². The Morgan fingerprint density at radius 1 is 1.09 bits per heavy atom. The molecule has 2 aromatic rings. The molecular formula is C21H27FN4O7S2. The molecule has 0 atom stereocenters. The van der Waals surface area contributed by atoms with Gasteiger partial charge in [0, 0.05) is 32.9 Å². The van der Waals surface area contributed by atoms with Gasteiger partial charge in [-0.3, -0.25) is 4.79 Å². The molecule has 1 fully saturated rings. The molecule has 1 aliphatic heterocycles. The van der Waals surface area contributed by atoms with Crippen molar-refractivity contribution in [3.8, 4) is 5.75 Å². The van der Waals surface area contributed by atoms with Gasteiger partial charge in [-0.2, -0.15) is 17.0 Å². The smallest absolute Gasteiger partial charge is 0.304 e. The fourth-order valence-corrected chi connectivity index (χ4v) is 5.98. The highest BCUT2D eigenvalue weighted by atomic mass is 32.2. The molecule has 1 amide bonds. The van der Waals surface area contributed by atoms with Gasteiger partial charge in [0.2, 0.25) is 15.9 Å². The first kappa shape index (κ1) is 26.8. The topological polar surface area (TPSA) is 126 Å². The van der Waals surface area contributed by atoms with Crippen LogP contribution in [-0.2, 0) is 29.8 Å². The lowest BCUT2D eigenvalue weighted by atomic mass is 10.3. The number of carbonyl (C=O) groups is 1. The number of benzene rings is 2. The molecule has 14 heteroatoms. The van der Waals surface area contributed by atoms with Crippen LogP contribution < -0.4 is 14.4 Å². The first-order valence-electron chi connectivity index (χ1n) is 10.5. The molecule has 0 unspecified atom stereocenters. The summed E-state index contributed by atoms with van der Waals surface area (Å²) in [5.41, 5.74) is 0.213. The highest BCUT2D eigenvalue weighted by molar-refractivity contribution is 7.90. The van der Waals surface area contributed by atoms with Crippen molar-refractivity contribution in [2.75, 3.05) is 63.7 Å². The third-order valence-corrected chi connectivity index (χ3v) is 8.92. The van der Waals surface area contributed by atoms with E-state index in [4.69, 9.17) is 9.47 Å². The summed E-state index contributed by atoms with van der Waals surface area (Å²) < 4.78 is 78.7. The van der Waals surface area contributed by atoms with E-state index < -0.39 is 38.5 Å². The molecule has 11 nitrogen and oxygen atoms in total. The van der Waals surface area contributed by atoms with Gasteiger partial charge in [-0.15, -0.1) is 0 Å². The Kier molecular flexibility index (Phi) is 8.33. The third-order valence-electron chi connectivity index (χ3n) is 5.18. The van der Waals surface area contributed by atoms with Crippen LogP contribution in [0.3, 0.4) is 0 Å². The zero-order valence-corrected chi connectivity index (χ0v) is 21.1. The Hall–Kier alpha value is -2.78. The number of carbonyl (C=O) groups excluding carboxylic acids is 1. The first-order chi connectivity index (χ1) is 16.5. The number of hydrogen-bond acceptors (Lipinski definition) is 7. The normalized spacial score (nSPS) is 15.1. The molecule has 35 heavy (non-hydrogen) atoms. The number of sulfonamides is 1. The maximum Gasteiger partial charge on any atom is 0.304 e. The summed E-state index contributed by atoms with van der Waals surface area (Å²) in [7, 11) is -4.10. The molecular weight excluding hydrogens is 503 g/mol. The summed E-state index contributed by atoms with van der Waals surface area (Å²) in [5.74, 6) is -1.20. The van der Waals surface area contributed by atoms with E-state index in [1.54, 1.807) is 0 Å². The molecule has 192 valence electrons. The van der Waals surface area contributed by atoms with Crippen LogP contribution in [0.25, 0.3) is 0 Å². The Morgan fingerprint density at radius 2 is 1.71 bits per heavy atom. The number of rotatable bonds is 9. The van der Waals surface area contributed by atoms with Crippen LogP contribution in [0.2, 0.25) is 0 Å². The van der Waals surface area contributed by atoms with E-state index in [-0.39, 0.29) is 48.3 Å². The van der Waals surface area contributed by atoms with Crippen molar-refractivity contribution in [1.82, 2.24) is 8.61 Å². The van der Waals surface area contributed by atoms with Gasteiger partial charge in [-0.1, -0.05) is 0 Å². The van der Waals surface area contributed by atoms with Crippen molar-refractivity contribution in [2.24, 2.45) is 0 Å². The molecule has 0 bridgehead atoms. The largest absolute Gasteiger partial charge is 0.495 e. The summed E-state index contributed by atoms with van der Waals surface area (Å²) in [5, 5.41) is 2.53. The molecule has 0 aromatic heterocycles. The summed E-state index contributed by atoms with van der Waals surface area (Å²) in [6, 6.07) is 8.74. The standard InChI is InChI=1S/C21H27FN4O7S2/c1-24(2)35(30,31)26(18-7-4-16(22)5-8-18)15-21(27)23-17-6-9-19(32-3)20(14-17)34(28,29)25-10-12-33-13-11-25/h4-9,14H,10-13,15H2,1-3H3,(H,23,27). The summed E-state index contributed by atoms with van der Waals surface area (Å²) >= 11 is 0. The monoisotopic (exact) mass is 530 g/mol. The van der Waals surface area contributed by atoms with E-state index in [1.165, 1.54) is 55.8 Å². The van der Waals surface area contributed by atoms with Crippen molar-refractivity contribution in [3.05, 3.63) is 48.3 Å². The maximum absolute atomic E-state index is 13.4. The molecule has 3 rings (SSSR count). The van der Waals surface area contributed by atoms with Crippen molar-refractivity contribution in [2.45, 2.75) is 4.90 Å². The predicted molar refractivity (Wildman–Crippen MR) is 128 cm³/mol. The summed E-state index contributed by atoms with van der Waals surface area (Å²) in [6.07, 6.45) is 0. The van der Waals surface area contributed by atoms with Crippen LogP contribution in [-0.4, -0.2) is 85.4 Å². The number of halogens is 1. The Bertz CT molecular complexity index is 1260. The Morgan fingerprint density at radius 3 is 2.29 bits per heavy atom. The summed E-state index contributed by atoms with van der Waals surface area (Å²) in [6.45, 7) is 0.243. The number of morpholine rings is 1. The molecule has 0 radical (unpaired) electrons. The fourth-order valence-electron chi connectivity index (χ4n) is 3.32. The quantitative estimate of drug-likeness (QED) is 0.515. The third kappa shape index (κ3) is 6.08. The van der Waals surface area contributed by atoms with Crippen LogP contribution in [0.5, 0.6) is 5.75 Å². The van der Waals surface area contributed by atoms with E-state index in [9.17, 15) is 26.0 Å². The minimum Gasteiger partial charge on any atom is -0.495 e. The van der Waals surface area contributed by atoms with Gasteiger partial charge < -0.3 is 14.8 Å². The molecule has 2 aromatic carbocycles. The number of nitrogens with one attached hydrogen (secondary N) is 1. The van der Waals surface area contributed by atoms with E-state index in [0.717, 1.165) is 20.7 Å². The molecule has 0 saturated carbocycles. The van der Waals surface area contributed by atoms with Gasteiger partial charge in [0.05, 0.1) is 26.0 Å². The van der Waals surface area contributed by atoms with Crippen LogP contribution in [0.4, 0.5) is 15.8 Å². The minimum absolute atomic E-state index is 0.0839. The zero-order valence-electron chi connectivity index (χ0n) is 19.5. The number of methoxy groups -OCH3 is 1. The lowest BCUT2D eigenvalue weighted by molar-refractivity contribution is -0.114. The molecule has 1 N–H and O–H groups in total. The van der Waals surface area contributed by atoms with E-state index in [0.29, 0.717) is 0 Å². The van der Waals surface area contributed by atoms with Gasteiger partial charge >= 0.3 is 10.2 Å². The van der Waals surface area contributed by atoms with Gasteiger partial charge in [-0.25, -0.2) is 17.1 Å². The van der Waals surface area contributed by atoms with Crippen LogP contribution in [0, 0.1) is 5.82 Å². The maximum atomic E-state index is 13.4. The van der Waals surface area contributed by atoms with Gasteiger partial charge in [0.15, 0.2) is 0 Å². The van der Waals surface area contributed by atoms with Crippen LogP contribution >= 0.6 is 0 Å². The summed E-state index contributed by atoms with van der Waals surface area (Å²) in [4.78, 5) is 12.7. The van der Waals surface area contributed by atoms with Gasteiger partial charge in [0.25, 0.3) is 0 Å². The molecule has 0 spiro atoms. The van der Waals surface area contributed by atoms with Crippen LogP contribution in [0.15, 0.2) is 47.4 Å². The average Bonchev–Trinajstić information content (AvgIpc) is 2.83. The van der Waals surface area contributed by atoms with Gasteiger partial charge in [-0.05, 0) is 42.5 Å². The number of ether oxygens (including phenoxy) is 2. The molecule has 1 heterocycles. The SMILES string of the molecule is COc1ccc(NC(=O)CN(c2ccc(F)cc2)S(=O)(=O)N(C)C)cc1S(=O)(=O)N1CCOCC1. The Balaban J connectivity index is 1.88. The number of anilines is 2. The lowest BCUT2D eigenvalue weighted by Gasteiger charge is -2.27. The highest BCUT2D eigenvalue weighted by Gasteiger charge is 2.31. The van der Waals surface area contributed by atoms with Crippen molar-refractivity contribution in [1.29, 1.82) is 0 Å². The van der Waals surface area contributed by atoms with Crippen molar-refractivity contribution in [3.63, 3.8) is 0 Å². The van der Waals surface area contributed by atoms with Crippen molar-refractivity contribution >= 4 is 37.5 Å². The van der Waals surface area contributed by atoms with E-state index >= 15 is 0 Å². The second kappa shape index (κ2) is 10.9. The second-order valence-corrected chi connectivity index (χ2v) is 11.7. The predicted octanol–water partition coefficient (Wildman–Crippen LogP) is 1.11. The van der Waals surface area contributed by atoms with E-state index in [1.807, 2.05) is 0 Å². The lowest BCUT2D eigenvalue weighted by Crippen LogP contribution is -2.44. The fraction of sp³-hybridized carbons (Fsp3) is 0.381. The molecule has 1 aliphatic rings. The average molecular weight is 531 g/mol. The number of nitrogens with zero attached hydrogens (tertiary/aromatic N) is 3. The van der Waals surface area contributed by atoms with Gasteiger partial charge in [0.1, 0.15) is 23.0 Å². The van der Waals surface area contributed by atoms with Crippen LogP contribution in [0.1, 0.15) is 0 Å². The Labute approximate surface area is 204 Å². The number of hydrogen-bond donors (Lipinski definition) is 1. The highest BCUT2D eigenvalue weighted by Crippen LogP contribution is 2.30. The first-order valence-corrected chi connectivity index (χ1v) is 13.3.